The molecule has 2 rings (SSSR count). The highest BCUT2D eigenvalue weighted by Gasteiger charge is 2.06. The van der Waals surface area contributed by atoms with Crippen LogP contribution in [0.4, 0.5) is 0 Å². The van der Waals surface area contributed by atoms with E-state index >= 15 is 0 Å². The fraction of sp³-hybridized carbons (Fsp3) is 0.381. The summed E-state index contributed by atoms with van der Waals surface area (Å²) in [6, 6.07) is 15.2. The number of para-hydroxylation sites is 1. The lowest BCUT2D eigenvalue weighted by molar-refractivity contribution is 0.281. The van der Waals surface area contributed by atoms with Gasteiger partial charge in [0.05, 0.1) is 13.7 Å². The standard InChI is InChI=1S/C21H29N3O3.HI/c1-4-22-21(24(2)14-15-27-18-8-6-5-7-9-18)23-13-12-17-10-11-19(25)20(16-17)26-3;/h5-11,16,25H,4,12-15H2,1-3H3,(H,22,23);1H. The molecule has 2 N–H and O–H groups in total. The number of hydrogen-bond acceptors (Lipinski definition) is 4. The van der Waals surface area contributed by atoms with Gasteiger partial charge in [0.15, 0.2) is 17.5 Å². The highest BCUT2D eigenvalue weighted by atomic mass is 127. The number of hydrogen-bond donors (Lipinski definition) is 2. The Balaban J connectivity index is 0.00000392. The highest BCUT2D eigenvalue weighted by molar-refractivity contribution is 14.0. The highest BCUT2D eigenvalue weighted by Crippen LogP contribution is 2.26. The number of phenols is 1. The molecule has 7 heteroatoms. The number of phenolic OH excluding ortho intramolecular Hbond substituents is 1. The average Bonchev–Trinajstić information content (AvgIpc) is 2.69. The molecule has 2 aromatic carbocycles. The zero-order chi connectivity index (χ0) is 19.5. The van der Waals surface area contributed by atoms with E-state index in [1.54, 1.807) is 13.2 Å². The first kappa shape index (κ1) is 23.9. The fourth-order valence-corrected chi connectivity index (χ4v) is 2.56. The quantitative estimate of drug-likeness (QED) is 0.314. The van der Waals surface area contributed by atoms with Gasteiger partial charge in [-0.25, -0.2) is 0 Å². The lowest BCUT2D eigenvalue weighted by Gasteiger charge is -2.22. The van der Waals surface area contributed by atoms with Crippen LogP contribution >= 0.6 is 24.0 Å². The Morgan fingerprint density at radius 2 is 1.93 bits per heavy atom. The Morgan fingerprint density at radius 3 is 2.61 bits per heavy atom. The van der Waals surface area contributed by atoms with Gasteiger partial charge in [-0.1, -0.05) is 24.3 Å². The van der Waals surface area contributed by atoms with Crippen molar-refractivity contribution in [2.24, 2.45) is 4.99 Å². The first-order valence-electron chi connectivity index (χ1n) is 9.17. The van der Waals surface area contributed by atoms with Crippen molar-refractivity contribution in [3.8, 4) is 17.2 Å². The molecule has 0 radical (unpaired) electrons. The summed E-state index contributed by atoms with van der Waals surface area (Å²) in [7, 11) is 3.55. The second-order valence-corrected chi connectivity index (χ2v) is 6.07. The Morgan fingerprint density at radius 1 is 1.18 bits per heavy atom. The third-order valence-electron chi connectivity index (χ3n) is 4.04. The number of aliphatic imine (C=N–C) groups is 1. The summed E-state index contributed by atoms with van der Waals surface area (Å²) < 4.78 is 10.9. The number of guanidine groups is 1. The molecule has 0 amide bonds. The van der Waals surface area contributed by atoms with Crippen LogP contribution in [-0.4, -0.2) is 56.4 Å². The van der Waals surface area contributed by atoms with E-state index in [-0.39, 0.29) is 29.7 Å². The van der Waals surface area contributed by atoms with Crippen LogP contribution < -0.4 is 14.8 Å². The first-order chi connectivity index (χ1) is 13.1. The lowest BCUT2D eigenvalue weighted by atomic mass is 10.1. The summed E-state index contributed by atoms with van der Waals surface area (Å²) in [6.45, 7) is 4.80. The number of aromatic hydroxyl groups is 1. The van der Waals surface area contributed by atoms with Gasteiger partial charge in [0.25, 0.3) is 0 Å². The van der Waals surface area contributed by atoms with Crippen LogP contribution in [0, 0.1) is 0 Å². The number of nitrogens with one attached hydrogen (secondary N) is 1. The predicted molar refractivity (Wildman–Crippen MR) is 124 cm³/mol. The number of halogens is 1. The molecule has 0 spiro atoms. The second kappa shape index (κ2) is 13.1. The normalized spacial score (nSPS) is 10.8. The molecule has 0 saturated carbocycles. The summed E-state index contributed by atoms with van der Waals surface area (Å²) in [4.78, 5) is 6.74. The SMILES string of the molecule is CCNC(=NCCc1ccc(O)c(OC)c1)N(C)CCOc1ccccc1.I. The Hall–Kier alpha value is -2.16. The maximum atomic E-state index is 9.68. The minimum atomic E-state index is 0. The number of ether oxygens (including phenoxy) is 2. The fourth-order valence-electron chi connectivity index (χ4n) is 2.56. The third kappa shape index (κ3) is 7.84. The molecule has 0 aliphatic rings. The molecule has 0 atom stereocenters. The number of likely N-dealkylation sites (N-methyl/N-ethyl adjacent to an activating group) is 1. The van der Waals surface area contributed by atoms with Crippen molar-refractivity contribution in [1.29, 1.82) is 0 Å². The van der Waals surface area contributed by atoms with E-state index in [0.29, 0.717) is 18.9 Å². The van der Waals surface area contributed by atoms with E-state index in [0.717, 1.165) is 36.8 Å². The Bertz CT molecular complexity index is 726. The molecule has 154 valence electrons. The molecule has 0 unspecified atom stereocenters. The molecule has 0 aliphatic carbocycles. The van der Waals surface area contributed by atoms with Gasteiger partial charge in [0.1, 0.15) is 12.4 Å². The van der Waals surface area contributed by atoms with Gasteiger partial charge in [0.2, 0.25) is 0 Å². The summed E-state index contributed by atoms with van der Waals surface area (Å²) in [5, 5.41) is 13.0. The monoisotopic (exact) mass is 499 g/mol. The van der Waals surface area contributed by atoms with Gasteiger partial charge in [-0.15, -0.1) is 24.0 Å². The zero-order valence-corrected chi connectivity index (χ0v) is 19.1. The van der Waals surface area contributed by atoms with E-state index in [9.17, 15) is 5.11 Å². The smallest absolute Gasteiger partial charge is 0.193 e. The van der Waals surface area contributed by atoms with E-state index in [1.165, 1.54) is 0 Å². The minimum Gasteiger partial charge on any atom is -0.504 e. The second-order valence-electron chi connectivity index (χ2n) is 6.07. The first-order valence-corrected chi connectivity index (χ1v) is 9.17. The molecule has 0 bridgehead atoms. The zero-order valence-electron chi connectivity index (χ0n) is 16.7. The van der Waals surface area contributed by atoms with Gasteiger partial charge in [0, 0.05) is 20.1 Å². The number of methoxy groups -OCH3 is 1. The van der Waals surface area contributed by atoms with Gasteiger partial charge in [-0.05, 0) is 43.2 Å². The lowest BCUT2D eigenvalue weighted by Crippen LogP contribution is -2.41. The van der Waals surface area contributed by atoms with Crippen molar-refractivity contribution >= 4 is 29.9 Å². The molecule has 0 saturated heterocycles. The van der Waals surface area contributed by atoms with Crippen molar-refractivity contribution < 1.29 is 14.6 Å². The molecule has 2 aromatic rings. The Labute approximate surface area is 184 Å². The van der Waals surface area contributed by atoms with Crippen molar-refractivity contribution in [3.05, 3.63) is 54.1 Å². The molecule has 28 heavy (non-hydrogen) atoms. The van der Waals surface area contributed by atoms with Gasteiger partial charge < -0.3 is 24.8 Å². The average molecular weight is 499 g/mol. The van der Waals surface area contributed by atoms with Crippen molar-refractivity contribution in [2.75, 3.05) is 40.4 Å². The molecule has 0 aliphatic heterocycles. The maximum absolute atomic E-state index is 9.68. The minimum absolute atomic E-state index is 0. The van der Waals surface area contributed by atoms with E-state index in [4.69, 9.17) is 9.47 Å². The summed E-state index contributed by atoms with van der Waals surface area (Å²) in [5.74, 6) is 2.35. The van der Waals surface area contributed by atoms with Crippen molar-refractivity contribution in [3.63, 3.8) is 0 Å². The molecular formula is C21H30IN3O3. The van der Waals surface area contributed by atoms with Crippen LogP contribution in [0.2, 0.25) is 0 Å². The largest absolute Gasteiger partial charge is 0.504 e. The van der Waals surface area contributed by atoms with Gasteiger partial charge in [-0.2, -0.15) is 0 Å². The Kier molecular flexibility index (Phi) is 11.2. The van der Waals surface area contributed by atoms with Crippen LogP contribution in [0.15, 0.2) is 53.5 Å². The third-order valence-corrected chi connectivity index (χ3v) is 4.04. The number of benzene rings is 2. The molecule has 6 nitrogen and oxygen atoms in total. The summed E-state index contributed by atoms with van der Waals surface area (Å²) in [6.07, 6.45) is 0.764. The predicted octanol–water partition coefficient (Wildman–Crippen LogP) is 3.54. The summed E-state index contributed by atoms with van der Waals surface area (Å²) >= 11 is 0. The van der Waals surface area contributed by atoms with Crippen LogP contribution in [-0.2, 0) is 6.42 Å². The van der Waals surface area contributed by atoms with Gasteiger partial charge >= 0.3 is 0 Å². The number of rotatable bonds is 9. The van der Waals surface area contributed by atoms with Gasteiger partial charge in [-0.3, -0.25) is 4.99 Å². The van der Waals surface area contributed by atoms with E-state index in [2.05, 4.69) is 22.1 Å². The van der Waals surface area contributed by atoms with Crippen molar-refractivity contribution in [2.45, 2.75) is 13.3 Å². The van der Waals surface area contributed by atoms with E-state index in [1.807, 2.05) is 49.5 Å². The van der Waals surface area contributed by atoms with Crippen LogP contribution in [0.1, 0.15) is 12.5 Å². The van der Waals surface area contributed by atoms with Crippen LogP contribution in [0.25, 0.3) is 0 Å². The topological polar surface area (TPSA) is 66.3 Å². The number of nitrogens with zero attached hydrogens (tertiary/aromatic N) is 2. The molecule has 0 fully saturated rings. The van der Waals surface area contributed by atoms with Crippen molar-refractivity contribution in [1.82, 2.24) is 10.2 Å². The van der Waals surface area contributed by atoms with Crippen LogP contribution in [0.5, 0.6) is 17.2 Å². The van der Waals surface area contributed by atoms with Crippen LogP contribution in [0.3, 0.4) is 0 Å². The molecular weight excluding hydrogens is 469 g/mol. The van der Waals surface area contributed by atoms with E-state index < -0.39 is 0 Å². The summed E-state index contributed by atoms with van der Waals surface area (Å²) in [5.41, 5.74) is 1.07. The molecule has 0 aromatic heterocycles. The maximum Gasteiger partial charge on any atom is 0.193 e. The molecule has 0 heterocycles.